The zero-order chi connectivity index (χ0) is 15.6. The van der Waals surface area contributed by atoms with Gasteiger partial charge in [0.15, 0.2) is 0 Å². The van der Waals surface area contributed by atoms with E-state index in [0.29, 0.717) is 0 Å². The van der Waals surface area contributed by atoms with E-state index in [4.69, 9.17) is 0 Å². The molecule has 0 unspecified atom stereocenters. The molecule has 0 saturated heterocycles. The van der Waals surface area contributed by atoms with Crippen molar-refractivity contribution in [3.8, 4) is 0 Å². The number of hydrogen-bond donors (Lipinski definition) is 0. The summed E-state index contributed by atoms with van der Waals surface area (Å²) in [5.41, 5.74) is 0. The van der Waals surface area contributed by atoms with Gasteiger partial charge in [0.1, 0.15) is 0 Å². The van der Waals surface area contributed by atoms with Crippen molar-refractivity contribution in [2.24, 2.45) is 0 Å². The largest absolute Gasteiger partial charge is 0.521 e. The fourth-order valence-corrected chi connectivity index (χ4v) is 0.557. The van der Waals surface area contributed by atoms with Crippen LogP contribution < -0.4 is 0 Å². The average Bonchev–Trinajstić information content (AvgIpc) is 1.65. The van der Waals surface area contributed by atoms with Gasteiger partial charge in [-0.05, 0) is 0 Å². The van der Waals surface area contributed by atoms with Crippen molar-refractivity contribution in [1.29, 1.82) is 0 Å². The molecule has 0 bridgehead atoms. The summed E-state index contributed by atoms with van der Waals surface area (Å²) in [5.74, 6) is 0. The highest BCUT2D eigenvalue weighted by Crippen LogP contribution is 2.40. The summed E-state index contributed by atoms with van der Waals surface area (Å²) in [7, 11) is 0. The van der Waals surface area contributed by atoms with E-state index in [-0.39, 0.29) is 6.92 Å². The van der Waals surface area contributed by atoms with Crippen LogP contribution in [0.2, 0.25) is 0 Å². The predicted octanol–water partition coefficient (Wildman–Crippen LogP) is 4.35. The molecule has 0 aliphatic rings. The first-order valence-corrected chi connectivity index (χ1v) is 3.63. The molecule has 0 aromatic carbocycles. The van der Waals surface area contributed by atoms with Crippen LogP contribution in [0.4, 0.5) is 52.7 Å². The third-order valence-corrected chi connectivity index (χ3v) is 0.982. The molecule has 0 amide bonds. The topological polar surface area (TPSA) is 0 Å². The molecule has 0 aliphatic heterocycles. The maximum Gasteiger partial charge on any atom is 0.521 e. The Morgan fingerprint density at radius 1 is 0.500 bits per heavy atom. The van der Waals surface area contributed by atoms with Gasteiger partial charge >= 0.3 is 31.1 Å². The van der Waals surface area contributed by atoms with Gasteiger partial charge in [0.2, 0.25) is 0 Å². The molecule has 0 aromatic rings. The normalized spacial score (nSPS) is 13.8. The lowest BCUT2D eigenvalue weighted by Gasteiger charge is -2.21. The van der Waals surface area contributed by atoms with Gasteiger partial charge in [0.05, 0.1) is 0 Å². The summed E-state index contributed by atoms with van der Waals surface area (Å²) in [6, 6.07) is 0. The molecule has 0 nitrogen and oxygen atoms in total. The van der Waals surface area contributed by atoms with Crippen LogP contribution in [0.5, 0.6) is 0 Å². The second kappa shape index (κ2) is 5.47. The van der Waals surface area contributed by atoms with E-state index in [9.17, 15) is 52.7 Å². The van der Waals surface area contributed by atoms with Gasteiger partial charge in [0.25, 0.3) is 0 Å². The highest BCUT2D eigenvalue weighted by atomic mass is 19.4. The lowest BCUT2D eigenvalue weighted by atomic mass is 9.47. The molecular weight excluding hydrogens is 299 g/mol. The molecule has 0 atom stereocenters. The Kier molecular flexibility index (Phi) is 5.94. The van der Waals surface area contributed by atoms with E-state index in [1.165, 1.54) is 0 Å². The Hall–Kier alpha value is -0.775. The van der Waals surface area contributed by atoms with Crippen LogP contribution in [0, 0.1) is 0 Å². The third-order valence-electron chi connectivity index (χ3n) is 0.982. The zero-order valence-corrected chi connectivity index (χ0v) is 8.11. The molecule has 0 rings (SSSR count). The number of hydrogen-bond acceptors (Lipinski definition) is 0. The molecule has 0 spiro atoms. The Balaban J connectivity index is 0. The first-order chi connectivity index (χ1) is 7.37. The van der Waals surface area contributed by atoms with E-state index >= 15 is 0 Å². The smallest absolute Gasteiger partial charge is 0.181 e. The van der Waals surface area contributed by atoms with Crippen LogP contribution in [0.15, 0.2) is 0 Å². The van der Waals surface area contributed by atoms with E-state index < -0.39 is 31.1 Å². The lowest BCUT2D eigenvalue weighted by Crippen LogP contribution is -2.57. The van der Waals surface area contributed by atoms with Crippen LogP contribution in [0.3, 0.4) is 0 Å². The molecule has 18 heavy (non-hydrogen) atoms. The van der Waals surface area contributed by atoms with E-state index in [2.05, 4.69) is 0 Å². The van der Waals surface area contributed by atoms with Crippen molar-refractivity contribution >= 4 is 6.71 Å². The quantitative estimate of drug-likeness (QED) is 0.461. The summed E-state index contributed by atoms with van der Waals surface area (Å²) < 4.78 is 133. The van der Waals surface area contributed by atoms with Crippen LogP contribution in [-0.2, 0) is 0 Å². The molecule has 0 heterocycles. The highest BCUT2D eigenvalue weighted by Gasteiger charge is 2.75. The van der Waals surface area contributed by atoms with Crippen LogP contribution in [0.25, 0.3) is 0 Å². The van der Waals surface area contributed by atoms with Crippen molar-refractivity contribution < 1.29 is 52.7 Å². The van der Waals surface area contributed by atoms with Gasteiger partial charge in [-0.1, -0.05) is 0 Å². The molecular formula is C5H3BF12. The van der Waals surface area contributed by atoms with E-state index in [1.54, 1.807) is 0 Å². The van der Waals surface area contributed by atoms with Crippen molar-refractivity contribution in [2.45, 2.75) is 31.3 Å². The summed E-state index contributed by atoms with van der Waals surface area (Å²) in [4.78, 5) is 0. The Morgan fingerprint density at radius 2 is 0.611 bits per heavy atom. The third kappa shape index (κ3) is 10.4. The Morgan fingerprint density at radius 3 is 0.611 bits per heavy atom. The van der Waals surface area contributed by atoms with Crippen molar-refractivity contribution in [3.05, 3.63) is 0 Å². The standard InChI is InChI=1S/C3BF9.C2H3F3/c5-1(6,7)4(2(8,9)10)3(11,12)13;1-2(3,4)5/h;1H3. The summed E-state index contributed by atoms with van der Waals surface area (Å²) >= 11 is 0. The second-order valence-corrected chi connectivity index (χ2v) is 2.84. The van der Waals surface area contributed by atoms with E-state index in [0.717, 1.165) is 0 Å². The van der Waals surface area contributed by atoms with Crippen molar-refractivity contribution in [1.82, 2.24) is 0 Å². The van der Waals surface area contributed by atoms with Gasteiger partial charge in [-0.2, -0.15) is 52.7 Å². The minimum Gasteiger partial charge on any atom is -0.181 e. The molecule has 0 saturated carbocycles. The molecule has 13 heteroatoms. The van der Waals surface area contributed by atoms with Crippen LogP contribution >= 0.6 is 0 Å². The van der Waals surface area contributed by atoms with E-state index in [1.807, 2.05) is 0 Å². The highest BCUT2D eigenvalue weighted by molar-refractivity contribution is 6.65. The average molecular weight is 302 g/mol. The molecule has 110 valence electrons. The fraction of sp³-hybridized carbons (Fsp3) is 1.00. The summed E-state index contributed by atoms with van der Waals surface area (Å²) in [6.45, 7) is -5.08. The van der Waals surface area contributed by atoms with Crippen LogP contribution in [0.1, 0.15) is 6.92 Å². The molecule has 0 aromatic heterocycles. The maximum atomic E-state index is 11.3. The lowest BCUT2D eigenvalue weighted by molar-refractivity contribution is -0.151. The Labute approximate surface area is 92.0 Å². The van der Waals surface area contributed by atoms with Crippen molar-refractivity contribution in [2.75, 3.05) is 0 Å². The monoisotopic (exact) mass is 302 g/mol. The molecule has 0 radical (unpaired) electrons. The minimum atomic E-state index is -6.36. The zero-order valence-electron chi connectivity index (χ0n) is 8.11. The summed E-state index contributed by atoms with van der Waals surface area (Å²) in [6.07, 6.45) is -23.1. The van der Waals surface area contributed by atoms with Crippen molar-refractivity contribution in [3.63, 3.8) is 0 Å². The van der Waals surface area contributed by atoms with Gasteiger partial charge < -0.3 is 0 Å². The second-order valence-electron chi connectivity index (χ2n) is 2.84. The maximum absolute atomic E-state index is 11.3. The molecule has 0 N–H and O–H groups in total. The summed E-state index contributed by atoms with van der Waals surface area (Å²) in [5, 5.41) is 0. The number of rotatable bonds is 0. The first kappa shape index (κ1) is 19.6. The number of alkyl halides is 12. The SMILES string of the molecule is CC(F)(F)F.FC(F)(F)B(C(F)(F)F)C(F)(F)F. The Bertz CT molecular complexity index is 200. The predicted molar refractivity (Wildman–Crippen MR) is 35.6 cm³/mol. The van der Waals surface area contributed by atoms with Gasteiger partial charge in [0, 0.05) is 6.92 Å². The van der Waals surface area contributed by atoms with Crippen LogP contribution in [-0.4, -0.2) is 31.1 Å². The molecule has 0 aliphatic carbocycles. The minimum absolute atomic E-state index is 0.188. The fourth-order valence-electron chi connectivity index (χ4n) is 0.557. The number of halogens is 12. The van der Waals surface area contributed by atoms with Gasteiger partial charge in [-0.25, -0.2) is 0 Å². The first-order valence-electron chi connectivity index (χ1n) is 3.63. The van der Waals surface area contributed by atoms with Gasteiger partial charge in [-0.3, -0.25) is 0 Å². The molecule has 0 fully saturated rings. The van der Waals surface area contributed by atoms with Gasteiger partial charge in [-0.15, -0.1) is 0 Å².